The lowest BCUT2D eigenvalue weighted by Crippen LogP contribution is -2.27. The molecule has 0 radical (unpaired) electrons. The molecule has 122 valence electrons. The van der Waals surface area contributed by atoms with Crippen LogP contribution in [0.4, 0.5) is 10.5 Å². The molecule has 24 heavy (non-hydrogen) atoms. The number of phenols is 1. The van der Waals surface area contributed by atoms with Gasteiger partial charge < -0.3 is 5.11 Å². The number of imide groups is 1. The maximum Gasteiger partial charge on any atom is 0.298 e. The van der Waals surface area contributed by atoms with Crippen LogP contribution < -0.4 is 4.90 Å². The van der Waals surface area contributed by atoms with Crippen molar-refractivity contribution >= 4 is 84.8 Å². The maximum absolute atomic E-state index is 12.6. The Morgan fingerprint density at radius 1 is 1.25 bits per heavy atom. The van der Waals surface area contributed by atoms with Crippen molar-refractivity contribution < 1.29 is 14.7 Å². The second-order valence-electron chi connectivity index (χ2n) is 4.82. The van der Waals surface area contributed by atoms with Gasteiger partial charge in [-0.25, -0.2) is 4.90 Å². The molecular formula is C16H8BrClINO3S. The first-order valence-corrected chi connectivity index (χ1v) is 9.65. The van der Waals surface area contributed by atoms with Gasteiger partial charge in [0.05, 0.1) is 14.2 Å². The van der Waals surface area contributed by atoms with E-state index in [1.807, 2.05) is 22.6 Å². The molecule has 4 nitrogen and oxygen atoms in total. The molecule has 0 atom stereocenters. The molecule has 0 aliphatic carbocycles. The number of carbonyl (C=O) groups is 2. The summed E-state index contributed by atoms with van der Waals surface area (Å²) >= 11 is 12.1. The Kier molecular flexibility index (Phi) is 5.24. The quantitative estimate of drug-likeness (QED) is 0.398. The molecule has 3 rings (SSSR count). The van der Waals surface area contributed by atoms with Crippen LogP contribution in [0.2, 0.25) is 5.02 Å². The largest absolute Gasteiger partial charge is 0.506 e. The summed E-state index contributed by atoms with van der Waals surface area (Å²) in [6, 6.07) is 9.98. The Bertz CT molecular complexity index is 903. The van der Waals surface area contributed by atoms with Crippen LogP contribution in [0, 0.1) is 3.57 Å². The van der Waals surface area contributed by atoms with E-state index in [0.29, 0.717) is 19.8 Å². The van der Waals surface area contributed by atoms with Gasteiger partial charge in [0, 0.05) is 15.1 Å². The van der Waals surface area contributed by atoms with E-state index in [1.165, 1.54) is 6.08 Å². The lowest BCUT2D eigenvalue weighted by molar-refractivity contribution is -0.113. The van der Waals surface area contributed by atoms with Gasteiger partial charge in [-0.05, 0) is 70.8 Å². The van der Waals surface area contributed by atoms with Crippen molar-refractivity contribution in [2.24, 2.45) is 0 Å². The van der Waals surface area contributed by atoms with Crippen LogP contribution in [0.5, 0.6) is 5.75 Å². The molecule has 2 amide bonds. The van der Waals surface area contributed by atoms with Crippen molar-refractivity contribution in [1.82, 2.24) is 0 Å². The first-order chi connectivity index (χ1) is 11.4. The minimum Gasteiger partial charge on any atom is -0.506 e. The molecule has 1 fully saturated rings. The molecule has 2 aromatic rings. The number of nitrogens with zero attached hydrogens (tertiary/aromatic N) is 1. The molecule has 1 N–H and O–H groups in total. The fourth-order valence-electron chi connectivity index (χ4n) is 2.14. The number of aromatic hydroxyl groups is 1. The summed E-state index contributed by atoms with van der Waals surface area (Å²) in [5, 5.41) is 10.2. The highest BCUT2D eigenvalue weighted by Gasteiger charge is 2.36. The number of hydrogen-bond acceptors (Lipinski definition) is 4. The van der Waals surface area contributed by atoms with E-state index in [9.17, 15) is 14.7 Å². The molecule has 0 saturated carbocycles. The average molecular weight is 537 g/mol. The van der Waals surface area contributed by atoms with Crippen LogP contribution in [0.25, 0.3) is 6.08 Å². The summed E-state index contributed by atoms with van der Waals surface area (Å²) in [5.41, 5.74) is 0.881. The number of halogens is 3. The maximum atomic E-state index is 12.6. The number of thioether (sulfide) groups is 1. The van der Waals surface area contributed by atoms with Crippen LogP contribution in [0.15, 0.2) is 45.8 Å². The van der Waals surface area contributed by atoms with Crippen LogP contribution in [-0.2, 0) is 4.79 Å². The molecule has 1 heterocycles. The van der Waals surface area contributed by atoms with Crippen LogP contribution in [-0.4, -0.2) is 16.3 Å². The number of carbonyl (C=O) groups excluding carboxylic acids is 2. The van der Waals surface area contributed by atoms with Crippen LogP contribution in [0.1, 0.15) is 5.56 Å². The van der Waals surface area contributed by atoms with E-state index >= 15 is 0 Å². The van der Waals surface area contributed by atoms with Crippen LogP contribution >= 0.6 is 61.9 Å². The number of phenolic OH excluding ortho intramolecular Hbond substituents is 1. The fraction of sp³-hybridized carbons (Fsp3) is 0. The molecule has 1 aliphatic rings. The molecule has 8 heteroatoms. The van der Waals surface area contributed by atoms with E-state index < -0.39 is 11.1 Å². The third-order valence-electron chi connectivity index (χ3n) is 3.20. The summed E-state index contributed by atoms with van der Waals surface area (Å²) in [5.74, 6) is -0.380. The first kappa shape index (κ1) is 17.8. The zero-order valence-corrected chi connectivity index (χ0v) is 17.1. The van der Waals surface area contributed by atoms with Crippen molar-refractivity contribution in [1.29, 1.82) is 0 Å². The van der Waals surface area contributed by atoms with Gasteiger partial charge >= 0.3 is 0 Å². The van der Waals surface area contributed by atoms with E-state index in [1.54, 1.807) is 36.4 Å². The summed E-state index contributed by atoms with van der Waals surface area (Å²) < 4.78 is 1.41. The lowest BCUT2D eigenvalue weighted by atomic mass is 10.2. The topological polar surface area (TPSA) is 57.6 Å². The van der Waals surface area contributed by atoms with Crippen molar-refractivity contribution in [3.63, 3.8) is 0 Å². The highest BCUT2D eigenvalue weighted by molar-refractivity contribution is 14.1. The molecule has 0 spiro atoms. The monoisotopic (exact) mass is 535 g/mol. The molecule has 1 aliphatic heterocycles. The third kappa shape index (κ3) is 3.49. The normalized spacial score (nSPS) is 16.3. The fourth-order valence-corrected chi connectivity index (χ4v) is 4.71. The number of anilines is 1. The van der Waals surface area contributed by atoms with Crippen molar-refractivity contribution in [3.05, 3.63) is 59.9 Å². The predicted octanol–water partition coefficient (Wildman–Crippen LogP) is 5.65. The highest BCUT2D eigenvalue weighted by atomic mass is 127. The molecule has 2 aromatic carbocycles. The Morgan fingerprint density at radius 2 is 2.00 bits per heavy atom. The van der Waals surface area contributed by atoms with Crippen molar-refractivity contribution in [2.45, 2.75) is 0 Å². The third-order valence-corrected chi connectivity index (χ3v) is 5.59. The first-order valence-electron chi connectivity index (χ1n) is 6.58. The molecule has 0 unspecified atom stereocenters. The Balaban J connectivity index is 2.00. The van der Waals surface area contributed by atoms with Gasteiger partial charge in [0.2, 0.25) is 0 Å². The van der Waals surface area contributed by atoms with E-state index in [-0.39, 0.29) is 10.7 Å². The van der Waals surface area contributed by atoms with Crippen molar-refractivity contribution in [3.8, 4) is 5.75 Å². The van der Waals surface area contributed by atoms with Gasteiger partial charge in [-0.2, -0.15) is 0 Å². The number of hydrogen-bond donors (Lipinski definition) is 1. The van der Waals surface area contributed by atoms with Gasteiger partial charge in [0.25, 0.3) is 11.1 Å². The Hall–Kier alpha value is -1.03. The second-order valence-corrected chi connectivity index (χ2v) is 8.33. The number of benzene rings is 2. The van der Waals surface area contributed by atoms with E-state index in [4.69, 9.17) is 11.6 Å². The molecule has 0 aromatic heterocycles. The zero-order chi connectivity index (χ0) is 17.4. The van der Waals surface area contributed by atoms with Gasteiger partial charge in [-0.3, -0.25) is 9.59 Å². The summed E-state index contributed by atoms with van der Waals surface area (Å²) in [6.45, 7) is 0. The standard InChI is InChI=1S/C16H8BrClINO3S/c17-9-4-8(14(21)12(19)6-9)5-13-15(22)20(16(23)24-13)11-3-1-2-10(18)7-11/h1-7,21H/b13-5-. The van der Waals surface area contributed by atoms with Crippen molar-refractivity contribution in [2.75, 3.05) is 4.90 Å². The smallest absolute Gasteiger partial charge is 0.298 e. The Labute approximate surface area is 169 Å². The van der Waals surface area contributed by atoms with Gasteiger partial charge in [-0.1, -0.05) is 33.6 Å². The zero-order valence-electron chi connectivity index (χ0n) is 11.8. The minimum absolute atomic E-state index is 0.0633. The summed E-state index contributed by atoms with van der Waals surface area (Å²) in [7, 11) is 0. The molecular weight excluding hydrogens is 529 g/mol. The molecule has 1 saturated heterocycles. The van der Waals surface area contributed by atoms with Gasteiger partial charge in [-0.15, -0.1) is 0 Å². The SMILES string of the molecule is O=C1S/C(=C\c2cc(Br)cc(I)c2O)C(=O)N1c1cccc(Cl)c1. The predicted molar refractivity (Wildman–Crippen MR) is 108 cm³/mol. The number of amides is 2. The van der Waals surface area contributed by atoms with Gasteiger partial charge in [0.1, 0.15) is 5.75 Å². The molecule has 0 bridgehead atoms. The Morgan fingerprint density at radius 3 is 2.71 bits per heavy atom. The second kappa shape index (κ2) is 7.07. The van der Waals surface area contributed by atoms with Crippen LogP contribution in [0.3, 0.4) is 0 Å². The summed E-state index contributed by atoms with van der Waals surface area (Å²) in [6.07, 6.45) is 1.51. The van der Waals surface area contributed by atoms with E-state index in [0.717, 1.165) is 21.1 Å². The number of rotatable bonds is 2. The van der Waals surface area contributed by atoms with Gasteiger partial charge in [0.15, 0.2) is 0 Å². The minimum atomic E-state index is -0.443. The summed E-state index contributed by atoms with van der Waals surface area (Å²) in [4.78, 5) is 26.1. The highest BCUT2D eigenvalue weighted by Crippen LogP contribution is 2.38. The lowest BCUT2D eigenvalue weighted by Gasteiger charge is -2.12. The average Bonchev–Trinajstić information content (AvgIpc) is 2.78. The van der Waals surface area contributed by atoms with E-state index in [2.05, 4.69) is 15.9 Å².